The predicted octanol–water partition coefficient (Wildman–Crippen LogP) is 0.0618. The molecule has 0 aliphatic carbocycles. The zero-order valence-electron chi connectivity index (χ0n) is 8.44. The van der Waals surface area contributed by atoms with Crippen molar-refractivity contribution in [1.82, 2.24) is 10.2 Å². The molecule has 0 spiro atoms. The Morgan fingerprint density at radius 1 is 1.21 bits per heavy atom. The molecule has 0 radical (unpaired) electrons. The minimum atomic E-state index is -0.0450. The summed E-state index contributed by atoms with van der Waals surface area (Å²) >= 11 is 0. The van der Waals surface area contributed by atoms with Crippen molar-refractivity contribution in [2.24, 2.45) is 0 Å². The van der Waals surface area contributed by atoms with Gasteiger partial charge in [0.2, 0.25) is 0 Å². The molecule has 1 N–H and O–H groups in total. The first-order valence-corrected chi connectivity index (χ1v) is 4.68. The fourth-order valence-corrected chi connectivity index (χ4v) is 1.80. The maximum Gasteiger partial charge on any atom is 0.0911 e. The van der Waals surface area contributed by atoms with Crippen LogP contribution in [-0.4, -0.2) is 61.9 Å². The lowest BCUT2D eigenvalue weighted by Crippen LogP contribution is -2.63. The van der Waals surface area contributed by atoms with Gasteiger partial charge in [0.15, 0.2) is 0 Å². The van der Waals surface area contributed by atoms with Crippen LogP contribution in [0.25, 0.3) is 0 Å². The second-order valence-electron chi connectivity index (χ2n) is 4.09. The Hall–Kier alpha value is 0.420. The zero-order valence-corrected chi connectivity index (χ0v) is 10.1. The standard InChI is InChI=1S/C8H17N3O.2ClH/c1-11(12)4-2-10(3-5-11)8-6-9-7-8;;/h8-9H,2-7H2,1H3;2*1H. The Bertz CT molecular complexity index is 166. The minimum absolute atomic E-state index is 0. The van der Waals surface area contributed by atoms with Crippen LogP contribution in [0.1, 0.15) is 0 Å². The first kappa shape index (κ1) is 14.4. The van der Waals surface area contributed by atoms with Gasteiger partial charge in [0.1, 0.15) is 0 Å². The average molecular weight is 244 g/mol. The van der Waals surface area contributed by atoms with Crippen molar-refractivity contribution < 1.29 is 4.65 Å². The third-order valence-corrected chi connectivity index (χ3v) is 3.00. The summed E-state index contributed by atoms with van der Waals surface area (Å²) in [6.07, 6.45) is 0. The quantitative estimate of drug-likeness (QED) is 0.523. The lowest BCUT2D eigenvalue weighted by atomic mass is 10.1. The van der Waals surface area contributed by atoms with Gasteiger partial charge in [0.25, 0.3) is 0 Å². The third kappa shape index (κ3) is 3.22. The molecule has 0 unspecified atom stereocenters. The topological polar surface area (TPSA) is 38.3 Å². The van der Waals surface area contributed by atoms with E-state index in [1.54, 1.807) is 7.05 Å². The Morgan fingerprint density at radius 3 is 2.07 bits per heavy atom. The lowest BCUT2D eigenvalue weighted by molar-refractivity contribution is -0.865. The molecule has 2 heterocycles. The van der Waals surface area contributed by atoms with E-state index in [0.29, 0.717) is 6.04 Å². The van der Waals surface area contributed by atoms with Gasteiger partial charge in [-0.25, -0.2) is 0 Å². The normalized spacial score (nSPS) is 27.0. The molecule has 2 rings (SSSR count). The van der Waals surface area contributed by atoms with E-state index in [2.05, 4.69) is 10.2 Å². The van der Waals surface area contributed by atoms with Crippen molar-refractivity contribution in [3.8, 4) is 0 Å². The van der Waals surface area contributed by atoms with Gasteiger partial charge in [-0.15, -0.1) is 24.8 Å². The molecule has 2 aliphatic rings. The molecule has 0 amide bonds. The van der Waals surface area contributed by atoms with Crippen LogP contribution in [0.4, 0.5) is 0 Å². The first-order chi connectivity index (χ1) is 5.67. The molecule has 14 heavy (non-hydrogen) atoms. The summed E-state index contributed by atoms with van der Waals surface area (Å²) in [6, 6.07) is 0.713. The molecule has 86 valence electrons. The van der Waals surface area contributed by atoms with E-state index in [4.69, 9.17) is 0 Å². The largest absolute Gasteiger partial charge is 0.633 e. The van der Waals surface area contributed by atoms with Crippen LogP contribution in [-0.2, 0) is 0 Å². The van der Waals surface area contributed by atoms with E-state index in [0.717, 1.165) is 39.3 Å². The lowest BCUT2D eigenvalue weighted by Gasteiger charge is -2.49. The summed E-state index contributed by atoms with van der Waals surface area (Å²) in [5, 5.41) is 14.7. The summed E-state index contributed by atoms with van der Waals surface area (Å²) in [7, 11) is 1.77. The van der Waals surface area contributed by atoms with E-state index < -0.39 is 0 Å². The van der Waals surface area contributed by atoms with E-state index in [9.17, 15) is 5.21 Å². The number of rotatable bonds is 1. The third-order valence-electron chi connectivity index (χ3n) is 3.00. The van der Waals surface area contributed by atoms with Gasteiger partial charge >= 0.3 is 0 Å². The molecule has 6 heteroatoms. The number of hydrogen-bond donors (Lipinski definition) is 1. The average Bonchev–Trinajstić information content (AvgIpc) is 1.89. The molecule has 0 aromatic heterocycles. The molecule has 0 atom stereocenters. The number of nitrogens with zero attached hydrogens (tertiary/aromatic N) is 2. The van der Waals surface area contributed by atoms with E-state index in [1.165, 1.54) is 0 Å². The number of nitrogens with one attached hydrogen (secondary N) is 1. The smallest absolute Gasteiger partial charge is 0.0911 e. The monoisotopic (exact) mass is 243 g/mol. The molecule has 4 nitrogen and oxygen atoms in total. The molecule has 0 aromatic carbocycles. The molecule has 2 aliphatic heterocycles. The van der Waals surface area contributed by atoms with E-state index in [1.807, 2.05) is 0 Å². The Morgan fingerprint density at radius 2 is 1.71 bits per heavy atom. The molecule has 0 saturated carbocycles. The Kier molecular flexibility index (Phi) is 5.65. The van der Waals surface area contributed by atoms with Crippen molar-refractivity contribution in [1.29, 1.82) is 0 Å². The highest BCUT2D eigenvalue weighted by Crippen LogP contribution is 2.12. The molecule has 2 fully saturated rings. The molecular weight excluding hydrogens is 225 g/mol. The van der Waals surface area contributed by atoms with Gasteiger partial charge in [0, 0.05) is 32.2 Å². The van der Waals surface area contributed by atoms with E-state index >= 15 is 0 Å². The van der Waals surface area contributed by atoms with E-state index in [-0.39, 0.29) is 29.5 Å². The Balaban J connectivity index is 0.000000845. The highest BCUT2D eigenvalue weighted by atomic mass is 35.5. The van der Waals surface area contributed by atoms with Gasteiger partial charge in [-0.1, -0.05) is 0 Å². The molecular formula is C8H19Cl2N3O. The van der Waals surface area contributed by atoms with Gasteiger partial charge in [-0.05, 0) is 0 Å². The van der Waals surface area contributed by atoms with Crippen LogP contribution in [0.15, 0.2) is 0 Å². The van der Waals surface area contributed by atoms with Crippen molar-refractivity contribution in [3.63, 3.8) is 0 Å². The highest BCUT2D eigenvalue weighted by molar-refractivity contribution is 5.85. The van der Waals surface area contributed by atoms with Crippen LogP contribution in [0.3, 0.4) is 0 Å². The Labute approximate surface area is 97.6 Å². The summed E-state index contributed by atoms with van der Waals surface area (Å²) in [5.41, 5.74) is 0. The van der Waals surface area contributed by atoms with Crippen molar-refractivity contribution in [2.45, 2.75) is 6.04 Å². The van der Waals surface area contributed by atoms with Crippen LogP contribution < -0.4 is 5.32 Å². The molecule has 0 bridgehead atoms. The summed E-state index contributed by atoms with van der Waals surface area (Å²) in [5.74, 6) is 0. The number of hydrogen-bond acceptors (Lipinski definition) is 3. The number of quaternary nitrogens is 1. The van der Waals surface area contributed by atoms with Gasteiger partial charge in [-0.2, -0.15) is 0 Å². The number of halogens is 2. The van der Waals surface area contributed by atoms with Crippen molar-refractivity contribution >= 4 is 24.8 Å². The minimum Gasteiger partial charge on any atom is -0.633 e. The molecule has 2 saturated heterocycles. The summed E-state index contributed by atoms with van der Waals surface area (Å²) < 4.78 is -0.0450. The van der Waals surface area contributed by atoms with Crippen LogP contribution in [0, 0.1) is 5.21 Å². The summed E-state index contributed by atoms with van der Waals surface area (Å²) in [4.78, 5) is 2.44. The van der Waals surface area contributed by atoms with Gasteiger partial charge < -0.3 is 15.2 Å². The van der Waals surface area contributed by atoms with Crippen molar-refractivity contribution in [3.05, 3.63) is 5.21 Å². The predicted molar refractivity (Wildman–Crippen MR) is 62.0 cm³/mol. The van der Waals surface area contributed by atoms with Crippen molar-refractivity contribution in [2.75, 3.05) is 46.3 Å². The zero-order chi connectivity index (χ0) is 8.60. The number of hydroxylamine groups is 3. The number of piperazine rings is 1. The van der Waals surface area contributed by atoms with Gasteiger partial charge in [-0.3, -0.25) is 4.90 Å². The number of likely N-dealkylation sites (N-methyl/N-ethyl adjacent to an activating group) is 1. The van der Waals surface area contributed by atoms with Crippen LogP contribution in [0.5, 0.6) is 0 Å². The maximum atomic E-state index is 11.5. The second-order valence-corrected chi connectivity index (χ2v) is 4.09. The second kappa shape index (κ2) is 5.49. The first-order valence-electron chi connectivity index (χ1n) is 4.68. The maximum absolute atomic E-state index is 11.5. The SMILES string of the molecule is C[N+]1([O-])CCN(C2CNC2)CC1.Cl.Cl. The van der Waals surface area contributed by atoms with Crippen LogP contribution in [0.2, 0.25) is 0 Å². The highest BCUT2D eigenvalue weighted by Gasteiger charge is 2.29. The fourth-order valence-electron chi connectivity index (χ4n) is 1.80. The summed E-state index contributed by atoms with van der Waals surface area (Å²) in [6.45, 7) is 5.71. The van der Waals surface area contributed by atoms with Gasteiger partial charge in [0.05, 0.1) is 20.1 Å². The van der Waals surface area contributed by atoms with Crippen LogP contribution >= 0.6 is 24.8 Å². The molecule has 0 aromatic rings. The fraction of sp³-hybridized carbons (Fsp3) is 1.00.